The largest absolute Gasteiger partial charge is 0.378 e. The van der Waals surface area contributed by atoms with Crippen molar-refractivity contribution in [2.75, 3.05) is 33.4 Å². The lowest BCUT2D eigenvalue weighted by Crippen LogP contribution is -2.64. The molecule has 1 N–H and O–H groups in total. The molecule has 2 rings (SSSR count). The van der Waals surface area contributed by atoms with Gasteiger partial charge >= 0.3 is 0 Å². The van der Waals surface area contributed by atoms with Gasteiger partial charge in [-0.25, -0.2) is 0 Å². The molecule has 0 bridgehead atoms. The molecule has 0 aromatic carbocycles. The second kappa shape index (κ2) is 6.08. The van der Waals surface area contributed by atoms with Gasteiger partial charge in [0.05, 0.1) is 18.8 Å². The molecule has 0 aromatic rings. The highest BCUT2D eigenvalue weighted by Crippen LogP contribution is 2.43. The standard InChI is InChI=1S/C15H30N2O2/c1-6-18-14-9-13(15(14,3)4)16-11(2)12-10-17(5)7-8-19-12/h11-14,16H,6-10H2,1-5H3/t11-,12-,13+,14-/m1/s1. The van der Waals surface area contributed by atoms with Crippen molar-refractivity contribution in [1.82, 2.24) is 10.2 Å². The van der Waals surface area contributed by atoms with Crippen LogP contribution in [-0.2, 0) is 9.47 Å². The molecule has 1 saturated heterocycles. The Morgan fingerprint density at radius 1 is 1.47 bits per heavy atom. The highest BCUT2D eigenvalue weighted by Gasteiger charge is 2.49. The van der Waals surface area contributed by atoms with Crippen LogP contribution in [0.3, 0.4) is 0 Å². The van der Waals surface area contributed by atoms with Crippen LogP contribution in [0.15, 0.2) is 0 Å². The zero-order valence-electron chi connectivity index (χ0n) is 13.1. The Kier molecular flexibility index (Phi) is 4.88. The van der Waals surface area contributed by atoms with Gasteiger partial charge in [-0.2, -0.15) is 0 Å². The van der Waals surface area contributed by atoms with Gasteiger partial charge in [0.25, 0.3) is 0 Å². The minimum absolute atomic E-state index is 0.227. The topological polar surface area (TPSA) is 33.7 Å². The van der Waals surface area contributed by atoms with Gasteiger partial charge in [0.2, 0.25) is 0 Å². The maximum absolute atomic E-state index is 5.89. The summed E-state index contributed by atoms with van der Waals surface area (Å²) in [6, 6.07) is 0.935. The first-order valence-electron chi connectivity index (χ1n) is 7.63. The molecule has 0 spiro atoms. The number of nitrogens with one attached hydrogen (secondary N) is 1. The minimum Gasteiger partial charge on any atom is -0.378 e. The Hall–Kier alpha value is -0.160. The lowest BCUT2D eigenvalue weighted by molar-refractivity contribution is -0.123. The van der Waals surface area contributed by atoms with Gasteiger partial charge in [0.1, 0.15) is 0 Å². The van der Waals surface area contributed by atoms with E-state index in [0.717, 1.165) is 32.7 Å². The monoisotopic (exact) mass is 270 g/mol. The van der Waals surface area contributed by atoms with E-state index in [2.05, 4.69) is 45.0 Å². The van der Waals surface area contributed by atoms with Crippen molar-refractivity contribution in [3.05, 3.63) is 0 Å². The van der Waals surface area contributed by atoms with E-state index < -0.39 is 0 Å². The van der Waals surface area contributed by atoms with Crippen molar-refractivity contribution in [3.8, 4) is 0 Å². The second-order valence-corrected chi connectivity index (χ2v) is 6.68. The maximum atomic E-state index is 5.89. The average Bonchev–Trinajstić information content (AvgIpc) is 2.37. The summed E-state index contributed by atoms with van der Waals surface area (Å²) in [6.07, 6.45) is 1.83. The molecular formula is C15H30N2O2. The van der Waals surface area contributed by atoms with E-state index >= 15 is 0 Å². The third kappa shape index (κ3) is 3.30. The number of hydrogen-bond donors (Lipinski definition) is 1. The summed E-state index contributed by atoms with van der Waals surface area (Å²) in [5, 5.41) is 3.75. The molecule has 2 aliphatic rings. The van der Waals surface area contributed by atoms with Crippen LogP contribution in [-0.4, -0.2) is 62.5 Å². The van der Waals surface area contributed by atoms with Crippen LogP contribution in [0.4, 0.5) is 0 Å². The van der Waals surface area contributed by atoms with Crippen molar-refractivity contribution in [2.24, 2.45) is 5.41 Å². The summed E-state index contributed by atoms with van der Waals surface area (Å²) in [5.74, 6) is 0. The Morgan fingerprint density at radius 2 is 2.21 bits per heavy atom. The van der Waals surface area contributed by atoms with Crippen molar-refractivity contribution >= 4 is 0 Å². The molecule has 0 radical (unpaired) electrons. The van der Waals surface area contributed by atoms with Crippen molar-refractivity contribution in [3.63, 3.8) is 0 Å². The highest BCUT2D eigenvalue weighted by atomic mass is 16.5. The summed E-state index contributed by atoms with van der Waals surface area (Å²) in [6.45, 7) is 12.7. The third-order valence-electron chi connectivity index (χ3n) is 4.86. The quantitative estimate of drug-likeness (QED) is 0.821. The molecule has 1 aliphatic heterocycles. The number of rotatable bonds is 5. The van der Waals surface area contributed by atoms with E-state index in [9.17, 15) is 0 Å². The third-order valence-corrected chi connectivity index (χ3v) is 4.86. The smallest absolute Gasteiger partial charge is 0.0852 e. The van der Waals surface area contributed by atoms with Gasteiger partial charge in [0, 0.05) is 37.2 Å². The van der Waals surface area contributed by atoms with Gasteiger partial charge in [0.15, 0.2) is 0 Å². The maximum Gasteiger partial charge on any atom is 0.0852 e. The molecule has 4 heteroatoms. The van der Waals surface area contributed by atoms with E-state index in [1.54, 1.807) is 0 Å². The van der Waals surface area contributed by atoms with Crippen molar-refractivity contribution in [2.45, 2.75) is 58.4 Å². The molecule has 0 unspecified atom stereocenters. The number of hydrogen-bond acceptors (Lipinski definition) is 4. The van der Waals surface area contributed by atoms with E-state index in [4.69, 9.17) is 9.47 Å². The molecule has 4 nitrogen and oxygen atoms in total. The normalized spacial score (nSPS) is 36.8. The summed E-state index contributed by atoms with van der Waals surface area (Å²) >= 11 is 0. The van der Waals surface area contributed by atoms with Gasteiger partial charge in [-0.1, -0.05) is 13.8 Å². The molecular weight excluding hydrogens is 240 g/mol. The summed E-state index contributed by atoms with van der Waals surface area (Å²) < 4.78 is 11.7. The number of ether oxygens (including phenoxy) is 2. The zero-order chi connectivity index (χ0) is 14.0. The fraction of sp³-hybridized carbons (Fsp3) is 1.00. The lowest BCUT2D eigenvalue weighted by atomic mass is 9.64. The van der Waals surface area contributed by atoms with Crippen molar-refractivity contribution < 1.29 is 9.47 Å². The molecule has 1 aliphatic carbocycles. The van der Waals surface area contributed by atoms with Crippen LogP contribution < -0.4 is 5.32 Å². The first kappa shape index (κ1) is 15.2. The van der Waals surface area contributed by atoms with Crippen LogP contribution in [0.25, 0.3) is 0 Å². The second-order valence-electron chi connectivity index (χ2n) is 6.68. The Balaban J connectivity index is 1.81. The number of likely N-dealkylation sites (N-methyl/N-ethyl adjacent to an activating group) is 1. The lowest BCUT2D eigenvalue weighted by Gasteiger charge is -2.53. The van der Waals surface area contributed by atoms with Crippen LogP contribution in [0, 0.1) is 5.41 Å². The Labute approximate surface area is 117 Å². The number of nitrogens with zero attached hydrogens (tertiary/aromatic N) is 1. The van der Waals surface area contributed by atoms with Crippen LogP contribution in [0.2, 0.25) is 0 Å². The molecule has 1 heterocycles. The molecule has 19 heavy (non-hydrogen) atoms. The molecule has 2 fully saturated rings. The van der Waals surface area contributed by atoms with Gasteiger partial charge in [-0.3, -0.25) is 0 Å². The van der Waals surface area contributed by atoms with Crippen LogP contribution >= 0.6 is 0 Å². The first-order valence-corrected chi connectivity index (χ1v) is 7.63. The summed E-state index contributed by atoms with van der Waals surface area (Å²) in [4.78, 5) is 2.35. The van der Waals surface area contributed by atoms with E-state index in [1.807, 2.05) is 0 Å². The highest BCUT2D eigenvalue weighted by molar-refractivity contribution is 5.04. The Bertz CT molecular complexity index is 296. The number of morpholine rings is 1. The van der Waals surface area contributed by atoms with Gasteiger partial charge < -0.3 is 19.7 Å². The predicted octanol–water partition coefficient (Wildman–Crippen LogP) is 1.50. The van der Waals surface area contributed by atoms with E-state index in [0.29, 0.717) is 24.3 Å². The zero-order valence-corrected chi connectivity index (χ0v) is 13.1. The fourth-order valence-electron chi connectivity index (χ4n) is 3.19. The average molecular weight is 270 g/mol. The molecule has 1 saturated carbocycles. The summed E-state index contributed by atoms with van der Waals surface area (Å²) in [5.41, 5.74) is 0.227. The van der Waals surface area contributed by atoms with E-state index in [1.165, 1.54) is 0 Å². The predicted molar refractivity (Wildman–Crippen MR) is 77.4 cm³/mol. The van der Waals surface area contributed by atoms with E-state index in [-0.39, 0.29) is 5.41 Å². The van der Waals surface area contributed by atoms with Gasteiger partial charge in [-0.15, -0.1) is 0 Å². The summed E-state index contributed by atoms with van der Waals surface area (Å²) in [7, 11) is 2.17. The van der Waals surface area contributed by atoms with Crippen LogP contribution in [0.1, 0.15) is 34.1 Å². The van der Waals surface area contributed by atoms with Crippen LogP contribution in [0.5, 0.6) is 0 Å². The van der Waals surface area contributed by atoms with Crippen molar-refractivity contribution in [1.29, 1.82) is 0 Å². The van der Waals surface area contributed by atoms with Gasteiger partial charge in [-0.05, 0) is 27.3 Å². The SMILES string of the molecule is CCO[C@@H]1C[C@H](N[C@H](C)[C@H]2CN(C)CCO2)C1(C)C. The minimum atomic E-state index is 0.227. The Morgan fingerprint density at radius 3 is 2.79 bits per heavy atom. The molecule has 4 atom stereocenters. The molecule has 112 valence electrons. The fourth-order valence-corrected chi connectivity index (χ4v) is 3.19. The molecule has 0 aromatic heterocycles. The first-order chi connectivity index (χ1) is 8.95. The molecule has 0 amide bonds.